The number of amides is 1. The van der Waals surface area contributed by atoms with Crippen molar-refractivity contribution in [2.24, 2.45) is 5.92 Å². The molecule has 3 nitrogen and oxygen atoms in total. The third-order valence-electron chi connectivity index (χ3n) is 1.41. The summed E-state index contributed by atoms with van der Waals surface area (Å²) in [5.74, 6) is 0.604. The normalized spacial score (nSPS) is 12.8. The monoisotopic (exact) mass is 191 g/mol. The van der Waals surface area contributed by atoms with E-state index in [-0.39, 0.29) is 5.25 Å². The van der Waals surface area contributed by atoms with Crippen LogP contribution in [0, 0.1) is 5.92 Å². The van der Waals surface area contributed by atoms with Crippen molar-refractivity contribution >= 4 is 18.7 Å². The number of alkyl carbamates (subject to hydrolysis) is 1. The fourth-order valence-corrected chi connectivity index (χ4v) is 1.41. The maximum absolute atomic E-state index is 10.6. The maximum atomic E-state index is 10.6. The van der Waals surface area contributed by atoms with Crippen LogP contribution in [0.2, 0.25) is 0 Å². The molecule has 0 bridgehead atoms. The Bertz CT molecular complexity index is 139. The molecule has 0 radical (unpaired) electrons. The summed E-state index contributed by atoms with van der Waals surface area (Å²) < 4.78 is 4.42. The van der Waals surface area contributed by atoms with Gasteiger partial charge in [0.15, 0.2) is 0 Å². The van der Waals surface area contributed by atoms with Gasteiger partial charge in [-0.2, -0.15) is 12.6 Å². The van der Waals surface area contributed by atoms with Gasteiger partial charge in [-0.25, -0.2) is 4.79 Å². The SMILES string of the molecule is COC(=O)NC[C@H](S)CC(C)C. The topological polar surface area (TPSA) is 38.3 Å². The molecule has 0 rings (SSSR count). The molecule has 1 atom stereocenters. The lowest BCUT2D eigenvalue weighted by Gasteiger charge is -2.13. The summed E-state index contributed by atoms with van der Waals surface area (Å²) in [6.45, 7) is 4.82. The lowest BCUT2D eigenvalue weighted by molar-refractivity contribution is 0.171. The van der Waals surface area contributed by atoms with Crippen molar-refractivity contribution in [3.05, 3.63) is 0 Å². The zero-order chi connectivity index (χ0) is 9.56. The average molecular weight is 191 g/mol. The molecule has 0 spiro atoms. The van der Waals surface area contributed by atoms with Gasteiger partial charge in [-0.05, 0) is 12.3 Å². The number of ether oxygens (including phenoxy) is 1. The number of carbonyl (C=O) groups is 1. The second-order valence-corrected chi connectivity index (χ2v) is 3.89. The Kier molecular flexibility index (Phi) is 5.98. The van der Waals surface area contributed by atoms with Crippen molar-refractivity contribution in [3.8, 4) is 0 Å². The van der Waals surface area contributed by atoms with E-state index >= 15 is 0 Å². The van der Waals surface area contributed by atoms with Crippen molar-refractivity contribution in [2.75, 3.05) is 13.7 Å². The summed E-state index contributed by atoms with van der Waals surface area (Å²) in [5.41, 5.74) is 0. The van der Waals surface area contributed by atoms with Crippen molar-refractivity contribution in [3.63, 3.8) is 0 Å². The molecular formula is C8H17NO2S. The first-order chi connectivity index (χ1) is 5.56. The molecule has 4 heteroatoms. The molecule has 0 aliphatic carbocycles. The van der Waals surface area contributed by atoms with Crippen LogP contribution >= 0.6 is 12.6 Å². The fourth-order valence-electron chi connectivity index (χ4n) is 0.901. The highest BCUT2D eigenvalue weighted by atomic mass is 32.1. The van der Waals surface area contributed by atoms with Crippen LogP contribution in [0.25, 0.3) is 0 Å². The van der Waals surface area contributed by atoms with E-state index in [2.05, 4.69) is 36.5 Å². The van der Waals surface area contributed by atoms with Crippen molar-refractivity contribution < 1.29 is 9.53 Å². The first-order valence-corrected chi connectivity index (χ1v) is 4.57. The fraction of sp³-hybridized carbons (Fsp3) is 0.875. The molecule has 12 heavy (non-hydrogen) atoms. The van der Waals surface area contributed by atoms with E-state index in [1.54, 1.807) is 0 Å². The molecule has 72 valence electrons. The van der Waals surface area contributed by atoms with E-state index < -0.39 is 6.09 Å². The molecule has 0 fully saturated rings. The van der Waals surface area contributed by atoms with Crippen LogP contribution in [0.1, 0.15) is 20.3 Å². The highest BCUT2D eigenvalue weighted by molar-refractivity contribution is 7.81. The van der Waals surface area contributed by atoms with Gasteiger partial charge in [-0.3, -0.25) is 0 Å². The molecule has 0 aromatic rings. The smallest absolute Gasteiger partial charge is 0.406 e. The Morgan fingerprint density at radius 2 is 2.17 bits per heavy atom. The first kappa shape index (κ1) is 11.6. The Morgan fingerprint density at radius 3 is 2.58 bits per heavy atom. The van der Waals surface area contributed by atoms with Crippen molar-refractivity contribution in [1.29, 1.82) is 0 Å². The van der Waals surface area contributed by atoms with Crippen LogP contribution in [0.5, 0.6) is 0 Å². The number of rotatable bonds is 4. The molecule has 0 aromatic carbocycles. The Hall–Kier alpha value is -0.380. The van der Waals surface area contributed by atoms with Gasteiger partial charge in [-0.15, -0.1) is 0 Å². The van der Waals surface area contributed by atoms with Crippen LogP contribution in [0.15, 0.2) is 0 Å². The molecule has 0 aliphatic heterocycles. The molecule has 0 saturated heterocycles. The maximum Gasteiger partial charge on any atom is 0.406 e. The van der Waals surface area contributed by atoms with E-state index in [9.17, 15) is 4.79 Å². The number of carbonyl (C=O) groups excluding carboxylic acids is 1. The van der Waals surface area contributed by atoms with E-state index in [1.165, 1.54) is 7.11 Å². The molecular weight excluding hydrogens is 174 g/mol. The van der Waals surface area contributed by atoms with Crippen LogP contribution in [0.3, 0.4) is 0 Å². The largest absolute Gasteiger partial charge is 0.453 e. The van der Waals surface area contributed by atoms with Crippen LogP contribution < -0.4 is 5.32 Å². The van der Waals surface area contributed by atoms with Crippen molar-refractivity contribution in [2.45, 2.75) is 25.5 Å². The van der Waals surface area contributed by atoms with Crippen LogP contribution in [-0.2, 0) is 4.74 Å². The van der Waals surface area contributed by atoms with E-state index in [0.717, 1.165) is 6.42 Å². The Morgan fingerprint density at radius 1 is 1.58 bits per heavy atom. The molecule has 1 N–H and O–H groups in total. The van der Waals surface area contributed by atoms with Gasteiger partial charge in [-0.1, -0.05) is 13.8 Å². The predicted molar refractivity (Wildman–Crippen MR) is 52.6 cm³/mol. The second-order valence-electron chi connectivity index (χ2n) is 3.16. The molecule has 0 unspecified atom stereocenters. The van der Waals surface area contributed by atoms with Gasteiger partial charge in [0.1, 0.15) is 0 Å². The zero-order valence-electron chi connectivity index (χ0n) is 7.83. The quantitative estimate of drug-likeness (QED) is 0.664. The summed E-state index contributed by atoms with van der Waals surface area (Å²) >= 11 is 4.31. The Labute approximate surface area is 79.3 Å². The number of hydrogen-bond acceptors (Lipinski definition) is 3. The number of methoxy groups -OCH3 is 1. The van der Waals surface area contributed by atoms with Gasteiger partial charge < -0.3 is 10.1 Å². The van der Waals surface area contributed by atoms with Gasteiger partial charge in [0.05, 0.1) is 7.11 Å². The molecule has 0 saturated carbocycles. The van der Waals surface area contributed by atoms with Crippen molar-refractivity contribution in [1.82, 2.24) is 5.32 Å². The minimum atomic E-state index is -0.391. The highest BCUT2D eigenvalue weighted by Crippen LogP contribution is 2.08. The minimum absolute atomic E-state index is 0.212. The molecule has 1 amide bonds. The average Bonchev–Trinajstić information content (AvgIpc) is 1.99. The minimum Gasteiger partial charge on any atom is -0.453 e. The van der Waals surface area contributed by atoms with Gasteiger partial charge in [0, 0.05) is 11.8 Å². The third-order valence-corrected chi connectivity index (χ3v) is 1.80. The summed E-state index contributed by atoms with van der Waals surface area (Å²) in [4.78, 5) is 10.6. The van der Waals surface area contributed by atoms with Crippen LogP contribution in [0.4, 0.5) is 4.79 Å². The summed E-state index contributed by atoms with van der Waals surface area (Å²) in [7, 11) is 1.35. The first-order valence-electron chi connectivity index (χ1n) is 4.06. The molecule has 0 aliphatic rings. The van der Waals surface area contributed by atoms with E-state index in [1.807, 2.05) is 0 Å². The zero-order valence-corrected chi connectivity index (χ0v) is 8.73. The number of hydrogen-bond donors (Lipinski definition) is 2. The number of nitrogens with one attached hydrogen (secondary N) is 1. The number of thiol groups is 1. The standard InChI is InChI=1S/C8H17NO2S/c1-6(2)4-7(12)5-9-8(10)11-3/h6-7,12H,4-5H2,1-3H3,(H,9,10)/t7-/m1/s1. The van der Waals surface area contributed by atoms with E-state index in [4.69, 9.17) is 0 Å². The lowest BCUT2D eigenvalue weighted by Crippen LogP contribution is -2.30. The highest BCUT2D eigenvalue weighted by Gasteiger charge is 2.07. The summed E-state index contributed by atoms with van der Waals surface area (Å²) in [5, 5.41) is 2.81. The van der Waals surface area contributed by atoms with Gasteiger partial charge in [0.25, 0.3) is 0 Å². The second kappa shape index (κ2) is 6.17. The molecule has 0 aromatic heterocycles. The predicted octanol–water partition coefficient (Wildman–Crippen LogP) is 1.69. The summed E-state index contributed by atoms with van der Waals surface area (Å²) in [6.07, 6.45) is 0.602. The Balaban J connectivity index is 3.43. The molecule has 0 heterocycles. The van der Waals surface area contributed by atoms with E-state index in [0.29, 0.717) is 12.5 Å². The van der Waals surface area contributed by atoms with Gasteiger partial charge >= 0.3 is 6.09 Å². The third kappa shape index (κ3) is 6.34. The summed E-state index contributed by atoms with van der Waals surface area (Å²) in [6, 6.07) is 0. The van der Waals surface area contributed by atoms with Gasteiger partial charge in [0.2, 0.25) is 0 Å². The lowest BCUT2D eigenvalue weighted by atomic mass is 10.1. The van der Waals surface area contributed by atoms with Crippen LogP contribution in [-0.4, -0.2) is 25.0 Å².